The van der Waals surface area contributed by atoms with Crippen molar-refractivity contribution >= 4 is 17.5 Å². The number of fused-ring (bicyclic) bond motifs is 1. The number of hydrogen-bond acceptors (Lipinski definition) is 4. The molecule has 3 rings (SSSR count). The number of rotatable bonds is 5. The molecule has 1 atom stereocenters. The molecule has 1 saturated heterocycles. The molecule has 1 aromatic carbocycles. The number of amides is 2. The first-order valence-electron chi connectivity index (χ1n) is 8.52. The van der Waals surface area contributed by atoms with E-state index in [0.717, 1.165) is 12.1 Å². The van der Waals surface area contributed by atoms with Gasteiger partial charge in [0.05, 0.1) is 5.92 Å². The smallest absolute Gasteiger partial charge is 0.227 e. The van der Waals surface area contributed by atoms with Gasteiger partial charge in [0.25, 0.3) is 0 Å². The molecule has 130 valence electrons. The minimum Gasteiger partial charge on any atom is -0.486 e. The van der Waals surface area contributed by atoms with Crippen molar-refractivity contribution in [1.29, 1.82) is 0 Å². The number of anilines is 1. The van der Waals surface area contributed by atoms with Crippen molar-refractivity contribution in [2.45, 2.75) is 26.7 Å². The minimum atomic E-state index is -0.294. The first-order chi connectivity index (χ1) is 11.5. The van der Waals surface area contributed by atoms with Crippen molar-refractivity contribution in [2.75, 3.05) is 31.2 Å². The second-order valence-corrected chi connectivity index (χ2v) is 6.71. The molecule has 1 N–H and O–H groups in total. The summed E-state index contributed by atoms with van der Waals surface area (Å²) in [6.07, 6.45) is 1.19. The number of ether oxygens (including phenoxy) is 2. The summed E-state index contributed by atoms with van der Waals surface area (Å²) in [5.41, 5.74) is 0.752. The molecule has 1 unspecified atom stereocenters. The van der Waals surface area contributed by atoms with Gasteiger partial charge < -0.3 is 19.7 Å². The molecule has 1 fully saturated rings. The quantitative estimate of drug-likeness (QED) is 0.895. The number of nitrogens with zero attached hydrogens (tertiary/aromatic N) is 1. The maximum Gasteiger partial charge on any atom is 0.227 e. The molecule has 1 aromatic rings. The molecule has 6 nitrogen and oxygen atoms in total. The summed E-state index contributed by atoms with van der Waals surface area (Å²) in [4.78, 5) is 26.2. The maximum atomic E-state index is 12.3. The highest BCUT2D eigenvalue weighted by Crippen LogP contribution is 2.35. The minimum absolute atomic E-state index is 0.0318. The highest BCUT2D eigenvalue weighted by Gasteiger charge is 2.35. The Kier molecular flexibility index (Phi) is 4.92. The molecule has 0 bridgehead atoms. The van der Waals surface area contributed by atoms with Crippen molar-refractivity contribution in [1.82, 2.24) is 5.32 Å². The number of nitrogens with one attached hydrogen (secondary N) is 1. The molecule has 2 aliphatic heterocycles. The monoisotopic (exact) mass is 332 g/mol. The van der Waals surface area contributed by atoms with Crippen molar-refractivity contribution in [3.63, 3.8) is 0 Å². The third kappa shape index (κ3) is 3.63. The van der Waals surface area contributed by atoms with Gasteiger partial charge >= 0.3 is 0 Å². The zero-order chi connectivity index (χ0) is 17.1. The van der Waals surface area contributed by atoms with Gasteiger partial charge in [-0.05, 0) is 24.5 Å². The Balaban J connectivity index is 1.63. The van der Waals surface area contributed by atoms with Crippen molar-refractivity contribution < 1.29 is 19.1 Å². The SMILES string of the molecule is CC(C)CCNC(=O)C1CC(=O)N(c2ccc3c(c2)OCCO3)C1. The number of carbonyl (C=O) groups excluding carboxylic acids is 2. The summed E-state index contributed by atoms with van der Waals surface area (Å²) in [7, 11) is 0. The Labute approximate surface area is 142 Å². The summed E-state index contributed by atoms with van der Waals surface area (Å²) >= 11 is 0. The van der Waals surface area contributed by atoms with E-state index >= 15 is 0 Å². The van der Waals surface area contributed by atoms with E-state index < -0.39 is 0 Å². The van der Waals surface area contributed by atoms with Crippen molar-refractivity contribution in [3.05, 3.63) is 18.2 Å². The molecule has 2 aliphatic rings. The second-order valence-electron chi connectivity index (χ2n) is 6.71. The highest BCUT2D eigenvalue weighted by atomic mass is 16.6. The maximum absolute atomic E-state index is 12.3. The molecule has 0 saturated carbocycles. The normalized spacial score (nSPS) is 19.7. The summed E-state index contributed by atoms with van der Waals surface area (Å²) in [5.74, 6) is 1.53. The fraction of sp³-hybridized carbons (Fsp3) is 0.556. The Morgan fingerprint density at radius 2 is 2.04 bits per heavy atom. The van der Waals surface area contributed by atoms with Crippen LogP contribution in [0.15, 0.2) is 18.2 Å². The molecule has 0 radical (unpaired) electrons. The Morgan fingerprint density at radius 1 is 1.29 bits per heavy atom. The van der Waals surface area contributed by atoms with Crippen LogP contribution in [0.3, 0.4) is 0 Å². The van der Waals surface area contributed by atoms with Crippen LogP contribution in [-0.2, 0) is 9.59 Å². The van der Waals surface area contributed by atoms with E-state index in [-0.39, 0.29) is 24.2 Å². The van der Waals surface area contributed by atoms with Crippen LogP contribution in [0, 0.1) is 11.8 Å². The average molecular weight is 332 g/mol. The highest BCUT2D eigenvalue weighted by molar-refractivity contribution is 6.00. The van der Waals surface area contributed by atoms with E-state index in [1.165, 1.54) is 0 Å². The Hall–Kier alpha value is -2.24. The lowest BCUT2D eigenvalue weighted by atomic mass is 10.1. The largest absolute Gasteiger partial charge is 0.486 e. The van der Waals surface area contributed by atoms with Crippen LogP contribution in [0.25, 0.3) is 0 Å². The standard InChI is InChI=1S/C18H24N2O4/c1-12(2)5-6-19-18(22)13-9-17(21)20(11-13)14-3-4-15-16(10-14)24-8-7-23-15/h3-4,10,12-13H,5-9,11H2,1-2H3,(H,19,22). The van der Waals surface area contributed by atoms with Gasteiger partial charge in [0.1, 0.15) is 13.2 Å². The Morgan fingerprint density at radius 3 is 2.79 bits per heavy atom. The van der Waals surface area contributed by atoms with E-state index in [1.54, 1.807) is 4.90 Å². The third-order valence-corrected chi connectivity index (χ3v) is 4.35. The van der Waals surface area contributed by atoms with Crippen LogP contribution >= 0.6 is 0 Å². The van der Waals surface area contributed by atoms with E-state index in [1.807, 2.05) is 18.2 Å². The Bertz CT molecular complexity index is 629. The topological polar surface area (TPSA) is 67.9 Å². The molecule has 24 heavy (non-hydrogen) atoms. The summed E-state index contributed by atoms with van der Waals surface area (Å²) in [5, 5.41) is 2.94. The van der Waals surface area contributed by atoms with Gasteiger partial charge in [-0.25, -0.2) is 0 Å². The molecule has 0 aliphatic carbocycles. The van der Waals surface area contributed by atoms with Gasteiger partial charge in [-0.2, -0.15) is 0 Å². The molecule has 2 amide bonds. The van der Waals surface area contributed by atoms with Gasteiger partial charge in [0.15, 0.2) is 11.5 Å². The predicted octanol–water partition coefficient (Wildman–Crippen LogP) is 1.97. The molecule has 2 heterocycles. The van der Waals surface area contributed by atoms with Crippen LogP contribution in [0.4, 0.5) is 5.69 Å². The second kappa shape index (κ2) is 7.11. The zero-order valence-corrected chi connectivity index (χ0v) is 14.2. The van der Waals surface area contributed by atoms with Crippen molar-refractivity contribution in [3.8, 4) is 11.5 Å². The van der Waals surface area contributed by atoms with Crippen LogP contribution in [0.1, 0.15) is 26.7 Å². The summed E-state index contributed by atoms with van der Waals surface area (Å²) in [6, 6.07) is 5.46. The van der Waals surface area contributed by atoms with Crippen LogP contribution < -0.4 is 19.7 Å². The molecule has 0 spiro atoms. The van der Waals surface area contributed by atoms with E-state index in [9.17, 15) is 9.59 Å². The molecule has 0 aromatic heterocycles. The number of benzene rings is 1. The van der Waals surface area contributed by atoms with Crippen molar-refractivity contribution in [2.24, 2.45) is 11.8 Å². The average Bonchev–Trinajstić information content (AvgIpc) is 2.96. The zero-order valence-electron chi connectivity index (χ0n) is 14.2. The van der Waals surface area contributed by atoms with Gasteiger partial charge in [-0.1, -0.05) is 13.8 Å². The molecular weight excluding hydrogens is 308 g/mol. The molecular formula is C18H24N2O4. The van der Waals surface area contributed by atoms with E-state index in [2.05, 4.69) is 19.2 Å². The van der Waals surface area contributed by atoms with Crippen LogP contribution in [0.2, 0.25) is 0 Å². The van der Waals surface area contributed by atoms with Crippen LogP contribution in [-0.4, -0.2) is 38.1 Å². The fourth-order valence-electron chi connectivity index (χ4n) is 2.96. The first kappa shape index (κ1) is 16.6. The van der Waals surface area contributed by atoms with Gasteiger partial charge in [0, 0.05) is 31.3 Å². The lowest BCUT2D eigenvalue weighted by Crippen LogP contribution is -2.33. The first-order valence-corrected chi connectivity index (χ1v) is 8.52. The number of carbonyl (C=O) groups is 2. The third-order valence-electron chi connectivity index (χ3n) is 4.35. The van der Waals surface area contributed by atoms with Gasteiger partial charge in [0.2, 0.25) is 11.8 Å². The van der Waals surface area contributed by atoms with Gasteiger partial charge in [-0.3, -0.25) is 9.59 Å². The lowest BCUT2D eigenvalue weighted by Gasteiger charge is -2.22. The molecule has 6 heteroatoms. The van der Waals surface area contributed by atoms with Gasteiger partial charge in [-0.15, -0.1) is 0 Å². The predicted molar refractivity (Wildman–Crippen MR) is 90.4 cm³/mol. The lowest BCUT2D eigenvalue weighted by molar-refractivity contribution is -0.126. The number of hydrogen-bond donors (Lipinski definition) is 1. The van der Waals surface area contributed by atoms with E-state index in [4.69, 9.17) is 9.47 Å². The summed E-state index contributed by atoms with van der Waals surface area (Å²) < 4.78 is 11.1. The summed E-state index contributed by atoms with van der Waals surface area (Å²) in [6.45, 7) is 6.35. The van der Waals surface area contributed by atoms with Crippen LogP contribution in [0.5, 0.6) is 11.5 Å². The fourth-order valence-corrected chi connectivity index (χ4v) is 2.96. The van der Waals surface area contributed by atoms with E-state index in [0.29, 0.717) is 43.7 Å².